The van der Waals surface area contributed by atoms with E-state index in [0.29, 0.717) is 18.1 Å². The van der Waals surface area contributed by atoms with Crippen LogP contribution in [0.4, 0.5) is 11.5 Å². The third-order valence-electron chi connectivity index (χ3n) is 4.04. The van der Waals surface area contributed by atoms with Crippen LogP contribution in [0.15, 0.2) is 18.3 Å². The van der Waals surface area contributed by atoms with Crippen molar-refractivity contribution in [1.29, 1.82) is 0 Å². The summed E-state index contributed by atoms with van der Waals surface area (Å²) in [6.07, 6.45) is 6.89. The maximum Gasteiger partial charge on any atom is 0.149 e. The van der Waals surface area contributed by atoms with E-state index in [1.54, 1.807) is 6.20 Å². The topological polar surface area (TPSA) is 71.2 Å². The molecule has 4 heteroatoms. The second-order valence-electron chi connectivity index (χ2n) is 5.37. The molecule has 1 heterocycles. The van der Waals surface area contributed by atoms with Gasteiger partial charge in [-0.05, 0) is 43.7 Å². The number of nitrogens with one attached hydrogen (secondary N) is 1. The number of rotatable bonds is 4. The number of nitrogens with zero attached hydrogens (tertiary/aromatic N) is 1. The summed E-state index contributed by atoms with van der Waals surface area (Å²) in [5, 5.41) is 13.7. The molecule has 0 aromatic carbocycles. The van der Waals surface area contributed by atoms with Crippen LogP contribution in [-0.4, -0.2) is 22.2 Å². The van der Waals surface area contributed by atoms with Gasteiger partial charge in [0.2, 0.25) is 0 Å². The number of hydrogen-bond donors (Lipinski definition) is 3. The predicted octanol–water partition coefficient (Wildman–Crippen LogP) is 2.41. The Kier molecular flexibility index (Phi) is 4.07. The maximum absolute atomic E-state index is 10.5. The fourth-order valence-corrected chi connectivity index (χ4v) is 2.61. The Balaban J connectivity index is 1.88. The minimum atomic E-state index is -0.602. The van der Waals surface area contributed by atoms with Crippen LogP contribution in [0.25, 0.3) is 0 Å². The predicted molar refractivity (Wildman–Crippen MR) is 74.3 cm³/mol. The molecular weight excluding hydrogens is 226 g/mol. The molecule has 18 heavy (non-hydrogen) atoms. The Morgan fingerprint density at radius 1 is 1.50 bits per heavy atom. The summed E-state index contributed by atoms with van der Waals surface area (Å²) in [5.74, 6) is 1.45. The lowest BCUT2D eigenvalue weighted by Crippen LogP contribution is -2.40. The monoisotopic (exact) mass is 249 g/mol. The van der Waals surface area contributed by atoms with Crippen molar-refractivity contribution < 1.29 is 5.11 Å². The van der Waals surface area contributed by atoms with E-state index in [1.165, 1.54) is 6.42 Å². The molecule has 1 aromatic rings. The largest absolute Gasteiger partial charge is 0.396 e. The van der Waals surface area contributed by atoms with Gasteiger partial charge in [-0.2, -0.15) is 0 Å². The third-order valence-corrected chi connectivity index (χ3v) is 4.04. The average Bonchev–Trinajstić information content (AvgIpc) is 2.39. The van der Waals surface area contributed by atoms with Gasteiger partial charge in [0.05, 0.1) is 11.3 Å². The van der Waals surface area contributed by atoms with Crippen molar-refractivity contribution in [1.82, 2.24) is 4.98 Å². The van der Waals surface area contributed by atoms with Gasteiger partial charge in [0.25, 0.3) is 0 Å². The zero-order valence-corrected chi connectivity index (χ0v) is 11.0. The van der Waals surface area contributed by atoms with Crippen LogP contribution >= 0.6 is 0 Å². The second-order valence-corrected chi connectivity index (χ2v) is 5.37. The van der Waals surface area contributed by atoms with E-state index < -0.39 is 5.60 Å². The average molecular weight is 249 g/mol. The Hall–Kier alpha value is -1.29. The summed E-state index contributed by atoms with van der Waals surface area (Å²) >= 11 is 0. The molecule has 0 radical (unpaired) electrons. The van der Waals surface area contributed by atoms with E-state index in [9.17, 15) is 5.11 Å². The highest BCUT2D eigenvalue weighted by Gasteiger charge is 2.32. The number of hydrogen-bond acceptors (Lipinski definition) is 4. The van der Waals surface area contributed by atoms with Gasteiger partial charge in [0.15, 0.2) is 0 Å². The Morgan fingerprint density at radius 3 is 2.83 bits per heavy atom. The first-order chi connectivity index (χ1) is 8.63. The van der Waals surface area contributed by atoms with Gasteiger partial charge in [-0.15, -0.1) is 0 Å². The fraction of sp³-hybridized carbons (Fsp3) is 0.643. The molecule has 1 aliphatic carbocycles. The highest BCUT2D eigenvalue weighted by molar-refractivity contribution is 5.60. The lowest BCUT2D eigenvalue weighted by atomic mass is 9.78. The van der Waals surface area contributed by atoms with Crippen molar-refractivity contribution in [3.05, 3.63) is 18.3 Å². The SMILES string of the molecule is CCC1CCC(O)(CNc2ncccc2N)CC1. The lowest BCUT2D eigenvalue weighted by Gasteiger charge is -2.36. The van der Waals surface area contributed by atoms with Crippen LogP contribution in [0, 0.1) is 5.92 Å². The van der Waals surface area contributed by atoms with E-state index >= 15 is 0 Å². The summed E-state index contributed by atoms with van der Waals surface area (Å²) in [7, 11) is 0. The van der Waals surface area contributed by atoms with Crippen molar-refractivity contribution in [3.8, 4) is 0 Å². The first-order valence-corrected chi connectivity index (χ1v) is 6.80. The van der Waals surface area contributed by atoms with E-state index in [-0.39, 0.29) is 0 Å². The van der Waals surface area contributed by atoms with E-state index in [0.717, 1.165) is 31.6 Å². The van der Waals surface area contributed by atoms with Crippen LogP contribution in [0.5, 0.6) is 0 Å². The minimum absolute atomic E-state index is 0.532. The molecule has 0 saturated heterocycles. The summed E-state index contributed by atoms with van der Waals surface area (Å²) < 4.78 is 0. The Labute approximate surface area is 109 Å². The zero-order valence-electron chi connectivity index (χ0n) is 11.0. The fourth-order valence-electron chi connectivity index (χ4n) is 2.61. The van der Waals surface area contributed by atoms with Crippen molar-refractivity contribution >= 4 is 11.5 Å². The number of nitrogens with two attached hydrogens (primary N) is 1. The van der Waals surface area contributed by atoms with Gasteiger partial charge in [0.1, 0.15) is 5.82 Å². The molecule has 1 aliphatic rings. The van der Waals surface area contributed by atoms with Gasteiger partial charge < -0.3 is 16.2 Å². The van der Waals surface area contributed by atoms with Gasteiger partial charge in [-0.1, -0.05) is 13.3 Å². The number of nitrogen functional groups attached to an aromatic ring is 1. The number of aliphatic hydroxyl groups is 1. The molecular formula is C14H23N3O. The highest BCUT2D eigenvalue weighted by Crippen LogP contribution is 2.33. The van der Waals surface area contributed by atoms with Crippen LogP contribution in [0.1, 0.15) is 39.0 Å². The van der Waals surface area contributed by atoms with Crippen LogP contribution in [-0.2, 0) is 0 Å². The molecule has 1 fully saturated rings. The lowest BCUT2D eigenvalue weighted by molar-refractivity contribution is 0.00224. The van der Waals surface area contributed by atoms with Crippen LogP contribution in [0.3, 0.4) is 0 Å². The molecule has 4 N–H and O–H groups in total. The number of anilines is 2. The van der Waals surface area contributed by atoms with E-state index in [2.05, 4.69) is 17.2 Å². The normalized spacial score (nSPS) is 28.0. The van der Waals surface area contributed by atoms with Gasteiger partial charge in [-0.3, -0.25) is 0 Å². The molecule has 1 saturated carbocycles. The molecule has 0 unspecified atom stereocenters. The molecule has 0 bridgehead atoms. The third kappa shape index (κ3) is 3.13. The van der Waals surface area contributed by atoms with Gasteiger partial charge in [0, 0.05) is 12.7 Å². The van der Waals surface area contributed by atoms with Crippen molar-refractivity contribution in [2.45, 2.75) is 44.6 Å². The van der Waals surface area contributed by atoms with Crippen molar-refractivity contribution in [2.75, 3.05) is 17.6 Å². The highest BCUT2D eigenvalue weighted by atomic mass is 16.3. The number of pyridine rings is 1. The Bertz CT molecular complexity index is 386. The van der Waals surface area contributed by atoms with Crippen molar-refractivity contribution in [2.24, 2.45) is 5.92 Å². The zero-order chi connectivity index (χ0) is 13.0. The van der Waals surface area contributed by atoms with Crippen LogP contribution < -0.4 is 11.1 Å². The van der Waals surface area contributed by atoms with Crippen molar-refractivity contribution in [3.63, 3.8) is 0 Å². The first kappa shape index (κ1) is 13.1. The smallest absolute Gasteiger partial charge is 0.149 e. The molecule has 0 amide bonds. The molecule has 4 nitrogen and oxygen atoms in total. The van der Waals surface area contributed by atoms with Crippen LogP contribution in [0.2, 0.25) is 0 Å². The summed E-state index contributed by atoms with van der Waals surface area (Å²) in [6.45, 7) is 2.76. The molecule has 0 spiro atoms. The molecule has 100 valence electrons. The first-order valence-electron chi connectivity index (χ1n) is 6.80. The molecule has 1 aromatic heterocycles. The van der Waals surface area contributed by atoms with E-state index in [1.807, 2.05) is 12.1 Å². The summed E-state index contributed by atoms with van der Waals surface area (Å²) in [4.78, 5) is 4.18. The molecule has 0 aliphatic heterocycles. The minimum Gasteiger partial charge on any atom is -0.396 e. The maximum atomic E-state index is 10.5. The quantitative estimate of drug-likeness (QED) is 0.766. The summed E-state index contributed by atoms with van der Waals surface area (Å²) in [5.41, 5.74) is 5.84. The molecule has 0 atom stereocenters. The number of aromatic nitrogens is 1. The second kappa shape index (κ2) is 5.57. The summed E-state index contributed by atoms with van der Waals surface area (Å²) in [6, 6.07) is 3.62. The Morgan fingerprint density at radius 2 is 2.22 bits per heavy atom. The van der Waals surface area contributed by atoms with Gasteiger partial charge in [-0.25, -0.2) is 4.98 Å². The van der Waals surface area contributed by atoms with E-state index in [4.69, 9.17) is 5.73 Å². The molecule has 2 rings (SSSR count). The van der Waals surface area contributed by atoms with Gasteiger partial charge >= 0.3 is 0 Å². The standard InChI is InChI=1S/C14H23N3O/c1-2-11-5-7-14(18,8-6-11)10-17-13-12(15)4-3-9-16-13/h3-4,9,11,18H,2,5-8,10,15H2,1H3,(H,16,17).